The Morgan fingerprint density at radius 2 is 2.19 bits per heavy atom. The second kappa shape index (κ2) is 11.3. The van der Waals surface area contributed by atoms with E-state index in [1.165, 1.54) is 0 Å². The first-order chi connectivity index (χ1) is 12.0. The summed E-state index contributed by atoms with van der Waals surface area (Å²) in [4.78, 5) is 22.9. The van der Waals surface area contributed by atoms with E-state index in [4.69, 9.17) is 0 Å². The van der Waals surface area contributed by atoms with Gasteiger partial charge in [-0.2, -0.15) is 0 Å². The SMILES string of the molecule is CCNC(=NCC(=O)Nc1cccnc1)NC1CN(C(C)C)CC1C.I. The summed E-state index contributed by atoms with van der Waals surface area (Å²) in [5.74, 6) is 1.07. The van der Waals surface area contributed by atoms with Crippen molar-refractivity contribution in [2.45, 2.75) is 39.8 Å². The number of anilines is 1. The van der Waals surface area contributed by atoms with Gasteiger partial charge in [0.25, 0.3) is 0 Å². The van der Waals surface area contributed by atoms with E-state index in [1.807, 2.05) is 6.92 Å². The molecule has 2 rings (SSSR count). The molecule has 1 saturated heterocycles. The molecule has 2 atom stereocenters. The average Bonchev–Trinajstić information content (AvgIpc) is 2.95. The van der Waals surface area contributed by atoms with Crippen LogP contribution in [0.5, 0.6) is 0 Å². The number of rotatable bonds is 6. The molecule has 0 aromatic carbocycles. The summed E-state index contributed by atoms with van der Waals surface area (Å²) in [7, 11) is 0. The zero-order chi connectivity index (χ0) is 18.2. The van der Waals surface area contributed by atoms with Crippen LogP contribution in [0.3, 0.4) is 0 Å². The predicted octanol–water partition coefficient (Wildman–Crippen LogP) is 1.92. The van der Waals surface area contributed by atoms with Crippen LogP contribution >= 0.6 is 24.0 Å². The Morgan fingerprint density at radius 1 is 1.42 bits per heavy atom. The first-order valence-electron chi connectivity index (χ1n) is 8.98. The summed E-state index contributed by atoms with van der Waals surface area (Å²) in [6.45, 7) is 11.6. The van der Waals surface area contributed by atoms with Gasteiger partial charge in [0.15, 0.2) is 5.96 Å². The van der Waals surface area contributed by atoms with Crippen LogP contribution in [0.4, 0.5) is 5.69 Å². The van der Waals surface area contributed by atoms with Crippen molar-refractivity contribution in [2.75, 3.05) is 31.5 Å². The van der Waals surface area contributed by atoms with Crippen LogP contribution in [0.15, 0.2) is 29.5 Å². The highest BCUT2D eigenvalue weighted by Crippen LogP contribution is 2.18. The number of guanidine groups is 1. The molecule has 146 valence electrons. The number of hydrogen-bond acceptors (Lipinski definition) is 4. The zero-order valence-corrected chi connectivity index (χ0v) is 18.4. The Kier molecular flexibility index (Phi) is 9.85. The third kappa shape index (κ3) is 7.06. The maximum atomic E-state index is 12.1. The molecular weight excluding hydrogens is 443 g/mol. The van der Waals surface area contributed by atoms with Gasteiger partial charge in [0.05, 0.1) is 11.9 Å². The minimum absolute atomic E-state index is 0. The molecule has 7 nitrogen and oxygen atoms in total. The van der Waals surface area contributed by atoms with Crippen LogP contribution < -0.4 is 16.0 Å². The second-order valence-electron chi connectivity index (χ2n) is 6.76. The fraction of sp³-hybridized carbons (Fsp3) is 0.611. The van der Waals surface area contributed by atoms with E-state index in [0.29, 0.717) is 29.6 Å². The molecule has 0 radical (unpaired) electrons. The molecule has 0 saturated carbocycles. The van der Waals surface area contributed by atoms with Gasteiger partial charge in [-0.1, -0.05) is 6.92 Å². The van der Waals surface area contributed by atoms with Crippen molar-refractivity contribution in [3.05, 3.63) is 24.5 Å². The molecule has 1 amide bonds. The summed E-state index contributed by atoms with van der Waals surface area (Å²) >= 11 is 0. The fourth-order valence-electron chi connectivity index (χ4n) is 2.90. The molecule has 1 aliphatic rings. The van der Waals surface area contributed by atoms with Crippen molar-refractivity contribution >= 4 is 41.5 Å². The van der Waals surface area contributed by atoms with Crippen LogP contribution in [0.2, 0.25) is 0 Å². The van der Waals surface area contributed by atoms with Crippen molar-refractivity contribution in [1.29, 1.82) is 0 Å². The van der Waals surface area contributed by atoms with Crippen LogP contribution in [-0.2, 0) is 4.79 Å². The molecule has 26 heavy (non-hydrogen) atoms. The van der Waals surface area contributed by atoms with Gasteiger partial charge in [-0.05, 0) is 38.8 Å². The minimum atomic E-state index is -0.159. The van der Waals surface area contributed by atoms with Crippen LogP contribution in [0, 0.1) is 5.92 Å². The van der Waals surface area contributed by atoms with Crippen molar-refractivity contribution in [3.63, 3.8) is 0 Å². The molecular formula is C18H31IN6O. The third-order valence-electron chi connectivity index (χ3n) is 4.36. The normalized spacial score (nSPS) is 20.6. The smallest absolute Gasteiger partial charge is 0.246 e. The Hall–Kier alpha value is -1.42. The lowest BCUT2D eigenvalue weighted by Crippen LogP contribution is -2.47. The highest BCUT2D eigenvalue weighted by atomic mass is 127. The predicted molar refractivity (Wildman–Crippen MR) is 117 cm³/mol. The van der Waals surface area contributed by atoms with Gasteiger partial charge in [-0.3, -0.25) is 14.7 Å². The molecule has 1 aliphatic heterocycles. The van der Waals surface area contributed by atoms with E-state index in [-0.39, 0.29) is 36.4 Å². The largest absolute Gasteiger partial charge is 0.357 e. The lowest BCUT2D eigenvalue weighted by molar-refractivity contribution is -0.114. The number of halogens is 1. The first-order valence-corrected chi connectivity index (χ1v) is 8.98. The van der Waals surface area contributed by atoms with E-state index in [1.54, 1.807) is 24.5 Å². The number of nitrogens with zero attached hydrogens (tertiary/aromatic N) is 3. The molecule has 0 aliphatic carbocycles. The van der Waals surface area contributed by atoms with E-state index in [2.05, 4.69) is 51.6 Å². The minimum Gasteiger partial charge on any atom is -0.357 e. The number of hydrogen-bond donors (Lipinski definition) is 3. The Labute approximate surface area is 173 Å². The maximum Gasteiger partial charge on any atom is 0.246 e. The van der Waals surface area contributed by atoms with Crippen molar-refractivity contribution < 1.29 is 4.79 Å². The number of carbonyl (C=O) groups is 1. The first kappa shape index (κ1) is 22.6. The third-order valence-corrected chi connectivity index (χ3v) is 4.36. The number of aromatic nitrogens is 1. The molecule has 8 heteroatoms. The quantitative estimate of drug-likeness (QED) is 0.334. The number of amides is 1. The van der Waals surface area contributed by atoms with Crippen molar-refractivity contribution in [3.8, 4) is 0 Å². The van der Waals surface area contributed by atoms with Gasteiger partial charge in [0.1, 0.15) is 6.54 Å². The lowest BCUT2D eigenvalue weighted by Gasteiger charge is -2.21. The second-order valence-corrected chi connectivity index (χ2v) is 6.76. The van der Waals surface area contributed by atoms with Crippen LogP contribution in [-0.4, -0.2) is 60.0 Å². The summed E-state index contributed by atoms with van der Waals surface area (Å²) in [5.41, 5.74) is 0.678. The van der Waals surface area contributed by atoms with Crippen molar-refractivity contribution in [1.82, 2.24) is 20.5 Å². The highest BCUT2D eigenvalue weighted by Gasteiger charge is 2.31. The maximum absolute atomic E-state index is 12.1. The van der Waals surface area contributed by atoms with Gasteiger partial charge in [-0.25, -0.2) is 4.99 Å². The van der Waals surface area contributed by atoms with E-state index in [0.717, 1.165) is 19.6 Å². The van der Waals surface area contributed by atoms with Gasteiger partial charge < -0.3 is 16.0 Å². The van der Waals surface area contributed by atoms with Crippen LogP contribution in [0.25, 0.3) is 0 Å². The summed E-state index contributed by atoms with van der Waals surface area (Å²) in [6.07, 6.45) is 3.29. The Balaban J connectivity index is 0.00000338. The molecule has 1 aromatic heterocycles. The van der Waals surface area contributed by atoms with E-state index < -0.39 is 0 Å². The topological polar surface area (TPSA) is 81.6 Å². The van der Waals surface area contributed by atoms with Gasteiger partial charge >= 0.3 is 0 Å². The molecule has 2 heterocycles. The Morgan fingerprint density at radius 3 is 2.77 bits per heavy atom. The fourth-order valence-corrected chi connectivity index (χ4v) is 2.90. The van der Waals surface area contributed by atoms with E-state index in [9.17, 15) is 4.79 Å². The molecule has 1 aromatic rings. The van der Waals surface area contributed by atoms with Crippen molar-refractivity contribution in [2.24, 2.45) is 10.9 Å². The summed E-state index contributed by atoms with van der Waals surface area (Å²) in [6, 6.07) is 4.46. The number of aliphatic imine (C=N–C) groups is 1. The number of carbonyl (C=O) groups excluding carboxylic acids is 1. The molecule has 1 fully saturated rings. The highest BCUT2D eigenvalue weighted by molar-refractivity contribution is 14.0. The van der Waals surface area contributed by atoms with E-state index >= 15 is 0 Å². The number of nitrogens with one attached hydrogen (secondary N) is 3. The summed E-state index contributed by atoms with van der Waals surface area (Å²) in [5, 5.41) is 9.49. The van der Waals surface area contributed by atoms with Crippen LogP contribution in [0.1, 0.15) is 27.7 Å². The number of pyridine rings is 1. The molecule has 3 N–H and O–H groups in total. The van der Waals surface area contributed by atoms with Gasteiger partial charge in [-0.15, -0.1) is 24.0 Å². The summed E-state index contributed by atoms with van der Waals surface area (Å²) < 4.78 is 0. The average molecular weight is 474 g/mol. The number of likely N-dealkylation sites (tertiary alicyclic amines) is 1. The Bertz CT molecular complexity index is 580. The standard InChI is InChI=1S/C18H30N6O.HI/c1-5-20-18(23-16-12-24(13(2)3)11-14(16)4)21-10-17(25)22-15-7-6-8-19-9-15;/h6-9,13-14,16H,5,10-12H2,1-4H3,(H,22,25)(H2,20,21,23);1H. The molecule has 0 bridgehead atoms. The monoisotopic (exact) mass is 474 g/mol. The molecule has 0 spiro atoms. The van der Waals surface area contributed by atoms with Gasteiger partial charge in [0, 0.05) is 37.9 Å². The molecule has 2 unspecified atom stereocenters. The zero-order valence-electron chi connectivity index (χ0n) is 16.0. The van der Waals surface area contributed by atoms with Gasteiger partial charge in [0.2, 0.25) is 5.91 Å². The lowest BCUT2D eigenvalue weighted by atomic mass is 10.1.